The summed E-state index contributed by atoms with van der Waals surface area (Å²) in [5.41, 5.74) is 1.76. The summed E-state index contributed by atoms with van der Waals surface area (Å²) in [6.07, 6.45) is 3.48. The van der Waals surface area contributed by atoms with Crippen molar-refractivity contribution in [2.24, 2.45) is 0 Å². The Morgan fingerprint density at radius 1 is 1.32 bits per heavy atom. The van der Waals surface area contributed by atoms with E-state index in [-0.39, 0.29) is 5.78 Å². The van der Waals surface area contributed by atoms with Gasteiger partial charge in [0.25, 0.3) is 0 Å². The molecule has 0 radical (unpaired) electrons. The normalized spacial score (nSPS) is 17.8. The number of ketones is 1. The van der Waals surface area contributed by atoms with Crippen LogP contribution in [0.3, 0.4) is 0 Å². The molecule has 22 heavy (non-hydrogen) atoms. The van der Waals surface area contributed by atoms with Crippen molar-refractivity contribution in [2.75, 3.05) is 33.4 Å². The van der Waals surface area contributed by atoms with E-state index in [1.807, 2.05) is 24.3 Å². The average molecular weight is 303 g/mol. The van der Waals surface area contributed by atoms with Gasteiger partial charge >= 0.3 is 0 Å². The summed E-state index contributed by atoms with van der Waals surface area (Å²) < 4.78 is 11.2. The summed E-state index contributed by atoms with van der Waals surface area (Å²) in [6.45, 7) is 7.34. The number of para-hydroxylation sites is 1. The lowest BCUT2D eigenvalue weighted by molar-refractivity contribution is -0.117. The topological polar surface area (TPSA) is 38.8 Å². The lowest BCUT2D eigenvalue weighted by Gasteiger charge is -2.26. The van der Waals surface area contributed by atoms with Gasteiger partial charge in [-0.3, -0.25) is 9.69 Å². The zero-order valence-electron chi connectivity index (χ0n) is 13.7. The minimum Gasteiger partial charge on any atom is -0.493 e. The van der Waals surface area contributed by atoms with Crippen LogP contribution in [0.2, 0.25) is 0 Å². The van der Waals surface area contributed by atoms with Crippen molar-refractivity contribution in [2.45, 2.75) is 26.7 Å². The molecule has 120 valence electrons. The van der Waals surface area contributed by atoms with Crippen LogP contribution in [0.1, 0.15) is 32.3 Å². The van der Waals surface area contributed by atoms with Gasteiger partial charge in [0.05, 0.1) is 13.7 Å². The zero-order valence-corrected chi connectivity index (χ0v) is 13.7. The van der Waals surface area contributed by atoms with Crippen LogP contribution >= 0.6 is 0 Å². The number of nitrogens with zero attached hydrogens (tertiary/aromatic N) is 1. The molecular weight excluding hydrogens is 278 g/mol. The fourth-order valence-corrected chi connectivity index (χ4v) is 2.58. The molecule has 0 N–H and O–H groups in total. The Labute approximate surface area is 132 Å². The third kappa shape index (κ3) is 3.89. The molecule has 1 aliphatic rings. The van der Waals surface area contributed by atoms with Crippen LogP contribution in [0.15, 0.2) is 23.8 Å². The van der Waals surface area contributed by atoms with Gasteiger partial charge in [-0.1, -0.05) is 26.0 Å². The standard InChI is InChI=1S/C18H25NO3/c1-4-11-22-18-14(7-6-8-17(18)21-3)12-15-13-19(5-2)10-9-16(15)20/h6-8,12H,4-5,9-11,13H2,1-3H3/b15-12+. The molecule has 1 aromatic rings. The molecule has 0 unspecified atom stereocenters. The second kappa shape index (κ2) is 7.99. The van der Waals surface area contributed by atoms with E-state index in [1.54, 1.807) is 7.11 Å². The minimum atomic E-state index is 0.231. The maximum atomic E-state index is 12.2. The van der Waals surface area contributed by atoms with Crippen LogP contribution in [-0.2, 0) is 4.79 Å². The summed E-state index contributed by atoms with van der Waals surface area (Å²) >= 11 is 0. The fraction of sp³-hybridized carbons (Fsp3) is 0.500. The number of carbonyl (C=O) groups is 1. The number of likely N-dealkylation sites (tertiary alicyclic amines) is 1. The van der Waals surface area contributed by atoms with Crippen molar-refractivity contribution in [3.05, 3.63) is 29.3 Å². The van der Waals surface area contributed by atoms with E-state index in [2.05, 4.69) is 18.7 Å². The minimum absolute atomic E-state index is 0.231. The average Bonchev–Trinajstić information content (AvgIpc) is 2.55. The van der Waals surface area contributed by atoms with Crippen LogP contribution in [-0.4, -0.2) is 44.0 Å². The number of likely N-dealkylation sites (N-methyl/N-ethyl adjacent to an activating group) is 1. The van der Waals surface area contributed by atoms with Crippen LogP contribution < -0.4 is 9.47 Å². The van der Waals surface area contributed by atoms with E-state index in [1.165, 1.54) is 0 Å². The van der Waals surface area contributed by atoms with Gasteiger partial charge in [0.2, 0.25) is 0 Å². The van der Waals surface area contributed by atoms with Gasteiger partial charge < -0.3 is 9.47 Å². The molecule has 0 aromatic heterocycles. The maximum Gasteiger partial charge on any atom is 0.168 e. The van der Waals surface area contributed by atoms with Gasteiger partial charge in [0, 0.05) is 30.6 Å². The molecule has 0 aliphatic carbocycles. The molecular formula is C18H25NO3. The van der Waals surface area contributed by atoms with Gasteiger partial charge in [0.1, 0.15) is 0 Å². The van der Waals surface area contributed by atoms with Gasteiger partial charge in [0.15, 0.2) is 17.3 Å². The molecule has 4 heteroatoms. The first-order valence-corrected chi connectivity index (χ1v) is 7.95. The third-order valence-electron chi connectivity index (χ3n) is 3.86. The highest BCUT2D eigenvalue weighted by atomic mass is 16.5. The predicted octanol–water partition coefficient (Wildman–Crippen LogP) is 3.16. The molecule has 1 aliphatic heterocycles. The Hall–Kier alpha value is -1.81. The number of methoxy groups -OCH3 is 1. The molecule has 1 saturated heterocycles. The number of hydrogen-bond donors (Lipinski definition) is 0. The second-order valence-corrected chi connectivity index (χ2v) is 5.44. The molecule has 0 bridgehead atoms. The van der Waals surface area contributed by atoms with Crippen molar-refractivity contribution in [1.29, 1.82) is 0 Å². The van der Waals surface area contributed by atoms with E-state index in [0.29, 0.717) is 25.3 Å². The molecule has 4 nitrogen and oxygen atoms in total. The largest absolute Gasteiger partial charge is 0.493 e. The molecule has 0 atom stereocenters. The van der Waals surface area contributed by atoms with Crippen molar-refractivity contribution < 1.29 is 14.3 Å². The Kier molecular flexibility index (Phi) is 6.01. The predicted molar refractivity (Wildman–Crippen MR) is 88.5 cm³/mol. The lowest BCUT2D eigenvalue weighted by Crippen LogP contribution is -2.35. The zero-order chi connectivity index (χ0) is 15.9. The molecule has 0 saturated carbocycles. The van der Waals surface area contributed by atoms with E-state index >= 15 is 0 Å². The molecule has 0 spiro atoms. The number of piperidine rings is 1. The first-order chi connectivity index (χ1) is 10.7. The number of Topliss-reactive ketones (excluding diaryl/α,β-unsaturated/α-hetero) is 1. The summed E-state index contributed by atoms with van der Waals surface area (Å²) in [7, 11) is 1.63. The molecule has 1 fully saturated rings. The SMILES string of the molecule is CCCOc1c(/C=C2\CN(CC)CCC2=O)cccc1OC. The first-order valence-electron chi connectivity index (χ1n) is 7.95. The van der Waals surface area contributed by atoms with Crippen LogP contribution in [0.5, 0.6) is 11.5 Å². The van der Waals surface area contributed by atoms with Crippen molar-refractivity contribution in [3.63, 3.8) is 0 Å². The number of hydrogen-bond acceptors (Lipinski definition) is 4. The van der Waals surface area contributed by atoms with Crippen LogP contribution in [0, 0.1) is 0 Å². The maximum absolute atomic E-state index is 12.2. The Morgan fingerprint density at radius 3 is 2.82 bits per heavy atom. The quantitative estimate of drug-likeness (QED) is 0.757. The number of rotatable bonds is 6. The number of carbonyl (C=O) groups excluding carboxylic acids is 1. The molecule has 0 amide bonds. The van der Waals surface area contributed by atoms with Gasteiger partial charge in [-0.2, -0.15) is 0 Å². The molecule has 1 aromatic carbocycles. The van der Waals surface area contributed by atoms with E-state index < -0.39 is 0 Å². The van der Waals surface area contributed by atoms with Gasteiger partial charge in [-0.25, -0.2) is 0 Å². The van der Waals surface area contributed by atoms with E-state index in [0.717, 1.165) is 36.4 Å². The summed E-state index contributed by atoms with van der Waals surface area (Å²) in [4.78, 5) is 14.5. The lowest BCUT2D eigenvalue weighted by atomic mass is 10.00. The van der Waals surface area contributed by atoms with Gasteiger partial charge in [-0.05, 0) is 25.1 Å². The summed E-state index contributed by atoms with van der Waals surface area (Å²) in [5.74, 6) is 1.66. The van der Waals surface area contributed by atoms with Crippen LogP contribution in [0.4, 0.5) is 0 Å². The number of benzene rings is 1. The Morgan fingerprint density at radius 2 is 2.14 bits per heavy atom. The monoisotopic (exact) mass is 303 g/mol. The Bertz CT molecular complexity index is 551. The third-order valence-corrected chi connectivity index (χ3v) is 3.86. The molecule has 1 heterocycles. The highest BCUT2D eigenvalue weighted by Crippen LogP contribution is 2.33. The Balaban J connectivity index is 2.34. The summed E-state index contributed by atoms with van der Waals surface area (Å²) in [6, 6.07) is 5.78. The smallest absolute Gasteiger partial charge is 0.168 e. The van der Waals surface area contributed by atoms with E-state index in [4.69, 9.17) is 9.47 Å². The summed E-state index contributed by atoms with van der Waals surface area (Å²) in [5, 5.41) is 0. The number of ether oxygens (including phenoxy) is 2. The first kappa shape index (κ1) is 16.6. The second-order valence-electron chi connectivity index (χ2n) is 5.44. The van der Waals surface area contributed by atoms with Gasteiger partial charge in [-0.15, -0.1) is 0 Å². The molecule has 2 rings (SSSR count). The fourth-order valence-electron chi connectivity index (χ4n) is 2.58. The van der Waals surface area contributed by atoms with Crippen molar-refractivity contribution in [1.82, 2.24) is 4.90 Å². The van der Waals surface area contributed by atoms with Crippen molar-refractivity contribution in [3.8, 4) is 11.5 Å². The van der Waals surface area contributed by atoms with Crippen molar-refractivity contribution >= 4 is 11.9 Å². The highest BCUT2D eigenvalue weighted by molar-refractivity contribution is 6.01. The van der Waals surface area contributed by atoms with E-state index in [9.17, 15) is 4.79 Å². The highest BCUT2D eigenvalue weighted by Gasteiger charge is 2.21. The van der Waals surface area contributed by atoms with Crippen LogP contribution in [0.25, 0.3) is 6.08 Å².